The fourth-order valence-electron chi connectivity index (χ4n) is 5.81. The summed E-state index contributed by atoms with van der Waals surface area (Å²) in [6, 6.07) is 27.8. The van der Waals surface area contributed by atoms with Crippen molar-refractivity contribution >= 4 is 41.7 Å². The van der Waals surface area contributed by atoms with Gasteiger partial charge in [0.2, 0.25) is 5.91 Å². The van der Waals surface area contributed by atoms with Crippen LogP contribution in [0.2, 0.25) is 0 Å². The van der Waals surface area contributed by atoms with E-state index < -0.39 is 36.0 Å². The van der Waals surface area contributed by atoms with Gasteiger partial charge in [-0.25, -0.2) is 19.2 Å². The zero-order valence-corrected chi connectivity index (χ0v) is 37.4. The van der Waals surface area contributed by atoms with E-state index >= 15 is 0 Å². The summed E-state index contributed by atoms with van der Waals surface area (Å²) in [6.07, 6.45) is -1.77. The zero-order valence-electron chi connectivity index (χ0n) is 37.4. The predicted molar refractivity (Wildman–Crippen MR) is 240 cm³/mol. The molecule has 17 heteroatoms. The Morgan fingerprint density at radius 2 is 1.21 bits per heavy atom. The van der Waals surface area contributed by atoms with Gasteiger partial charge in [-0.2, -0.15) is 0 Å². The molecule has 63 heavy (non-hydrogen) atoms. The molecule has 17 nitrogen and oxygen atoms in total. The number of anilines is 2. The van der Waals surface area contributed by atoms with Crippen LogP contribution in [-0.4, -0.2) is 111 Å². The van der Waals surface area contributed by atoms with Crippen LogP contribution >= 0.6 is 0 Å². The van der Waals surface area contributed by atoms with Crippen LogP contribution in [-0.2, 0) is 9.53 Å². The van der Waals surface area contributed by atoms with Crippen LogP contribution in [0.4, 0.5) is 30.6 Å². The van der Waals surface area contributed by atoms with E-state index in [4.69, 9.17) is 34.5 Å². The van der Waals surface area contributed by atoms with E-state index in [1.165, 1.54) is 21.6 Å². The number of carbonyl (C=O) groups is 5. The zero-order chi connectivity index (χ0) is 46.7. The number of carboxylic acid groups (broad SMARTS) is 1. The molecule has 0 aliphatic carbocycles. The van der Waals surface area contributed by atoms with E-state index in [9.17, 15) is 24.0 Å². The first-order valence-electron chi connectivity index (χ1n) is 20.1. The summed E-state index contributed by atoms with van der Waals surface area (Å²) in [4.78, 5) is 63.4. The number of hydrogen-bond acceptors (Lipinski definition) is 11. The molecule has 0 bridgehead atoms. The van der Waals surface area contributed by atoms with Crippen molar-refractivity contribution in [3.05, 3.63) is 108 Å². The van der Waals surface area contributed by atoms with Crippen LogP contribution < -0.4 is 35.3 Å². The van der Waals surface area contributed by atoms with Gasteiger partial charge < -0.3 is 59.9 Å². The average Bonchev–Trinajstić information content (AvgIpc) is 3.20. The van der Waals surface area contributed by atoms with Crippen molar-refractivity contribution in [1.82, 2.24) is 20.0 Å². The summed E-state index contributed by atoms with van der Waals surface area (Å²) < 4.78 is 28.2. The van der Waals surface area contributed by atoms with Gasteiger partial charge in [-0.3, -0.25) is 4.79 Å². The summed E-state index contributed by atoms with van der Waals surface area (Å²) in [5.74, 6) is 1.47. The highest BCUT2D eigenvalue weighted by molar-refractivity contribution is 5.88. The molecule has 0 saturated heterocycles. The summed E-state index contributed by atoms with van der Waals surface area (Å²) in [7, 11) is 8.03. The van der Waals surface area contributed by atoms with Crippen molar-refractivity contribution in [1.29, 1.82) is 0 Å². The quantitative estimate of drug-likeness (QED) is 0.0785. The Labute approximate surface area is 369 Å². The molecule has 4 aromatic rings. The molecule has 4 aromatic carbocycles. The molecular formula is C46H60N6O11. The molecule has 4 rings (SSSR count). The number of nitrogens with zero attached hydrogens (tertiary/aromatic N) is 3. The Bertz CT molecular complexity index is 2140. The maximum Gasteiger partial charge on any atom is 0.414 e. The minimum absolute atomic E-state index is 0.126. The van der Waals surface area contributed by atoms with E-state index in [2.05, 4.69) is 10.6 Å². The van der Waals surface area contributed by atoms with Gasteiger partial charge in [0.05, 0.1) is 19.3 Å². The summed E-state index contributed by atoms with van der Waals surface area (Å²) in [5.41, 5.74) is 7.76. The maximum absolute atomic E-state index is 12.8. The summed E-state index contributed by atoms with van der Waals surface area (Å²) in [6.45, 7) is 7.56. The molecule has 0 fully saturated rings. The monoisotopic (exact) mass is 872 g/mol. The first-order valence-corrected chi connectivity index (χ1v) is 20.1. The summed E-state index contributed by atoms with van der Waals surface area (Å²) >= 11 is 0. The molecule has 0 heterocycles. The van der Waals surface area contributed by atoms with Crippen molar-refractivity contribution in [2.75, 3.05) is 66.0 Å². The number of para-hydroxylation sites is 2. The molecule has 340 valence electrons. The Kier molecular flexibility index (Phi) is 19.4. The number of nitrogens with one attached hydrogen (secondary N) is 2. The van der Waals surface area contributed by atoms with Crippen LogP contribution in [0.15, 0.2) is 97.1 Å². The fourth-order valence-corrected chi connectivity index (χ4v) is 5.81. The van der Waals surface area contributed by atoms with E-state index in [0.717, 1.165) is 0 Å². The van der Waals surface area contributed by atoms with Gasteiger partial charge in [0, 0.05) is 90.1 Å². The second-order valence-corrected chi connectivity index (χ2v) is 15.6. The van der Waals surface area contributed by atoms with Crippen molar-refractivity contribution in [2.45, 2.75) is 58.1 Å². The number of benzene rings is 4. The van der Waals surface area contributed by atoms with Crippen LogP contribution in [0.3, 0.4) is 0 Å². The standard InChI is InChI=1S/C24H33N3O5.C22H27N3O6/c1-24(2,3)32-23(29)27(6)20(14-15-30-18-11-9-10-17(25)16-18)19-12-7-8-13-21(19)31-22(28)26(4)5;1-15(26)24-17-7-6-8-18(13-17)30-12-11-16(14-23-21(27)28)19-9-4-5-10-20(19)31-22(29)25(2)3/h7-13,16,20H,14-15,25H2,1-6H3;4-10,13,16,23H,11-12,14H2,1-3H3,(H,24,26)(H,27,28). The van der Waals surface area contributed by atoms with Crippen molar-refractivity contribution in [3.8, 4) is 23.0 Å². The molecule has 5 N–H and O–H groups in total. The smallest absolute Gasteiger partial charge is 0.414 e. The normalized spacial score (nSPS) is 11.6. The third kappa shape index (κ3) is 17.8. The average molecular weight is 873 g/mol. The third-order valence-electron chi connectivity index (χ3n) is 8.82. The largest absolute Gasteiger partial charge is 0.493 e. The Morgan fingerprint density at radius 3 is 1.75 bits per heavy atom. The fraction of sp³-hybridized carbons (Fsp3) is 0.370. The second-order valence-electron chi connectivity index (χ2n) is 15.6. The first kappa shape index (κ1) is 50.2. The third-order valence-corrected chi connectivity index (χ3v) is 8.82. The number of carbonyl (C=O) groups excluding carboxylic acids is 4. The highest BCUT2D eigenvalue weighted by atomic mass is 16.6. The molecule has 2 atom stereocenters. The molecule has 0 radical (unpaired) electrons. The molecular weight excluding hydrogens is 813 g/mol. The van der Waals surface area contributed by atoms with Crippen LogP contribution in [0.5, 0.6) is 23.0 Å². The summed E-state index contributed by atoms with van der Waals surface area (Å²) in [5, 5.41) is 14.1. The van der Waals surface area contributed by atoms with Gasteiger partial charge >= 0.3 is 24.4 Å². The highest BCUT2D eigenvalue weighted by Gasteiger charge is 2.29. The van der Waals surface area contributed by atoms with Gasteiger partial charge in [-0.15, -0.1) is 0 Å². The number of ether oxygens (including phenoxy) is 5. The Morgan fingerprint density at radius 1 is 0.683 bits per heavy atom. The molecule has 0 saturated carbocycles. The molecule has 0 aliphatic heterocycles. The molecule has 0 aromatic heterocycles. The predicted octanol–water partition coefficient (Wildman–Crippen LogP) is 8.23. The number of nitrogens with two attached hydrogens (primary N) is 1. The topological polar surface area (TPSA) is 212 Å². The van der Waals surface area contributed by atoms with Crippen LogP contribution in [0, 0.1) is 0 Å². The minimum atomic E-state index is -1.14. The van der Waals surface area contributed by atoms with Gasteiger partial charge in [-0.05, 0) is 69.2 Å². The lowest BCUT2D eigenvalue weighted by molar-refractivity contribution is -0.114. The maximum atomic E-state index is 12.8. The van der Waals surface area contributed by atoms with Gasteiger partial charge in [0.15, 0.2) is 0 Å². The lowest BCUT2D eigenvalue weighted by atomic mass is 9.95. The minimum Gasteiger partial charge on any atom is -0.493 e. The van der Waals surface area contributed by atoms with Crippen molar-refractivity contribution < 1.29 is 52.8 Å². The van der Waals surface area contributed by atoms with Crippen molar-refractivity contribution in [2.24, 2.45) is 0 Å². The molecule has 0 aliphatic rings. The number of amides is 5. The molecule has 0 spiro atoms. The Balaban J connectivity index is 0.000000335. The van der Waals surface area contributed by atoms with Gasteiger partial charge in [0.25, 0.3) is 0 Å². The van der Waals surface area contributed by atoms with E-state index in [1.807, 2.05) is 45.0 Å². The second kappa shape index (κ2) is 24.3. The SMILES string of the molecule is CC(=O)Nc1cccc(OCCC(CNC(=O)O)c2ccccc2OC(=O)N(C)C)c1.CN(C)C(=O)Oc1ccccc1C(CCOc1cccc(N)c1)N(C)C(=O)OC(C)(C)C. The lowest BCUT2D eigenvalue weighted by Crippen LogP contribution is -2.37. The van der Waals surface area contributed by atoms with Crippen LogP contribution in [0.1, 0.15) is 63.6 Å². The number of hydrogen-bond donors (Lipinski definition) is 4. The van der Waals surface area contributed by atoms with E-state index in [-0.39, 0.29) is 25.0 Å². The highest BCUT2D eigenvalue weighted by Crippen LogP contribution is 2.33. The van der Waals surface area contributed by atoms with Crippen molar-refractivity contribution in [3.63, 3.8) is 0 Å². The first-order chi connectivity index (χ1) is 29.7. The van der Waals surface area contributed by atoms with Gasteiger partial charge in [0.1, 0.15) is 28.6 Å². The Hall–Kier alpha value is -7.17. The van der Waals surface area contributed by atoms with E-state index in [0.29, 0.717) is 64.9 Å². The molecule has 2 unspecified atom stereocenters. The lowest BCUT2D eigenvalue weighted by Gasteiger charge is -2.32. The van der Waals surface area contributed by atoms with E-state index in [1.54, 1.807) is 108 Å². The number of nitrogen functional groups attached to an aromatic ring is 1. The molecule has 5 amide bonds. The van der Waals surface area contributed by atoms with Crippen LogP contribution in [0.25, 0.3) is 0 Å². The number of rotatable bonds is 16. The van der Waals surface area contributed by atoms with Gasteiger partial charge in [-0.1, -0.05) is 48.5 Å².